The van der Waals surface area contributed by atoms with Crippen LogP contribution in [0.25, 0.3) is 11.1 Å². The molecule has 0 aliphatic carbocycles. The summed E-state index contributed by atoms with van der Waals surface area (Å²) >= 11 is 0. The van der Waals surface area contributed by atoms with Crippen molar-refractivity contribution < 1.29 is 24.1 Å². The standard InChI is InChI=1S/C24H31NO5/c1-14-12-18(25-23(27)30-24(3,4)5)15(2)21(22(26)28-6)20(14)17-9-10-19-16(13-17)8-7-11-29-19/h9-10,12-13,22,26H,7-8,11H2,1-6H3,(H,25,27). The van der Waals surface area contributed by atoms with Crippen molar-refractivity contribution in [2.45, 2.75) is 59.4 Å². The quantitative estimate of drug-likeness (QED) is 0.667. The van der Waals surface area contributed by atoms with Gasteiger partial charge in [-0.3, -0.25) is 5.32 Å². The number of carbonyl (C=O) groups excluding carboxylic acids is 1. The Kier molecular flexibility index (Phi) is 6.38. The van der Waals surface area contributed by atoms with Crippen molar-refractivity contribution in [3.63, 3.8) is 0 Å². The molecule has 1 unspecified atom stereocenters. The molecule has 0 saturated carbocycles. The lowest BCUT2D eigenvalue weighted by Crippen LogP contribution is -2.27. The summed E-state index contributed by atoms with van der Waals surface area (Å²) in [5.41, 5.74) is 5.27. The molecular formula is C24H31NO5. The van der Waals surface area contributed by atoms with Gasteiger partial charge >= 0.3 is 6.09 Å². The van der Waals surface area contributed by atoms with E-state index in [-0.39, 0.29) is 0 Å². The first-order valence-electron chi connectivity index (χ1n) is 10.2. The SMILES string of the molecule is COC(O)c1c(C)c(NC(=O)OC(C)(C)C)cc(C)c1-c1ccc2c(c1)CCCO2. The minimum Gasteiger partial charge on any atom is -0.493 e. The molecule has 30 heavy (non-hydrogen) atoms. The van der Waals surface area contributed by atoms with E-state index in [9.17, 15) is 9.90 Å². The van der Waals surface area contributed by atoms with Crippen LogP contribution in [0.5, 0.6) is 5.75 Å². The summed E-state index contributed by atoms with van der Waals surface area (Å²) < 4.78 is 16.4. The highest BCUT2D eigenvalue weighted by Crippen LogP contribution is 2.40. The summed E-state index contributed by atoms with van der Waals surface area (Å²) in [5.74, 6) is 0.913. The number of ether oxygens (including phenoxy) is 3. The van der Waals surface area contributed by atoms with Gasteiger partial charge in [-0.2, -0.15) is 0 Å². The summed E-state index contributed by atoms with van der Waals surface area (Å²) in [6, 6.07) is 7.99. The lowest BCUT2D eigenvalue weighted by molar-refractivity contribution is -0.0769. The minimum atomic E-state index is -1.13. The zero-order chi connectivity index (χ0) is 22.1. The Labute approximate surface area is 178 Å². The van der Waals surface area contributed by atoms with E-state index < -0.39 is 18.0 Å². The summed E-state index contributed by atoms with van der Waals surface area (Å²) in [6.07, 6.45) is 0.274. The van der Waals surface area contributed by atoms with E-state index in [0.717, 1.165) is 53.0 Å². The maximum atomic E-state index is 12.3. The Balaban J connectivity index is 2.08. The zero-order valence-electron chi connectivity index (χ0n) is 18.6. The van der Waals surface area contributed by atoms with E-state index in [1.54, 1.807) is 0 Å². The minimum absolute atomic E-state index is 0.540. The number of fused-ring (bicyclic) bond motifs is 1. The maximum Gasteiger partial charge on any atom is 0.412 e. The van der Waals surface area contributed by atoms with E-state index in [2.05, 4.69) is 11.4 Å². The molecule has 1 aliphatic heterocycles. The number of rotatable bonds is 4. The van der Waals surface area contributed by atoms with E-state index in [1.165, 1.54) is 7.11 Å². The Morgan fingerprint density at radius 3 is 2.63 bits per heavy atom. The predicted octanol–water partition coefficient (Wildman–Crippen LogP) is 5.28. The molecule has 2 aromatic rings. The van der Waals surface area contributed by atoms with Crippen LogP contribution >= 0.6 is 0 Å². The number of methoxy groups -OCH3 is 1. The van der Waals surface area contributed by atoms with Crippen molar-refractivity contribution >= 4 is 11.8 Å². The molecule has 0 radical (unpaired) electrons. The third kappa shape index (κ3) is 4.77. The van der Waals surface area contributed by atoms with Gasteiger partial charge in [0, 0.05) is 18.4 Å². The Morgan fingerprint density at radius 1 is 1.23 bits per heavy atom. The molecule has 0 spiro atoms. The van der Waals surface area contributed by atoms with Gasteiger partial charge in [-0.25, -0.2) is 4.79 Å². The van der Waals surface area contributed by atoms with Gasteiger partial charge in [-0.1, -0.05) is 6.07 Å². The third-order valence-corrected chi connectivity index (χ3v) is 5.14. The van der Waals surface area contributed by atoms with Gasteiger partial charge in [0.2, 0.25) is 0 Å². The third-order valence-electron chi connectivity index (χ3n) is 5.14. The van der Waals surface area contributed by atoms with Crippen LogP contribution in [0, 0.1) is 13.8 Å². The molecule has 2 aromatic carbocycles. The second kappa shape index (κ2) is 8.66. The maximum absolute atomic E-state index is 12.3. The van der Waals surface area contributed by atoms with Crippen molar-refractivity contribution in [3.8, 4) is 16.9 Å². The van der Waals surface area contributed by atoms with Crippen LogP contribution in [0.2, 0.25) is 0 Å². The van der Waals surface area contributed by atoms with Crippen molar-refractivity contribution in [1.82, 2.24) is 0 Å². The molecule has 6 heteroatoms. The number of amides is 1. The Bertz CT molecular complexity index is 946. The number of carbonyl (C=O) groups is 1. The van der Waals surface area contributed by atoms with Gasteiger partial charge in [-0.05, 0) is 93.5 Å². The number of benzene rings is 2. The molecule has 0 saturated heterocycles. The predicted molar refractivity (Wildman–Crippen MR) is 117 cm³/mol. The molecule has 2 N–H and O–H groups in total. The Hall–Kier alpha value is -2.57. The average molecular weight is 414 g/mol. The largest absolute Gasteiger partial charge is 0.493 e. The second-order valence-corrected chi connectivity index (χ2v) is 8.64. The first kappa shape index (κ1) is 22.1. The molecular weight excluding hydrogens is 382 g/mol. The van der Waals surface area contributed by atoms with Crippen LogP contribution < -0.4 is 10.1 Å². The number of anilines is 1. The normalized spacial score (nSPS) is 14.5. The Morgan fingerprint density at radius 2 is 1.97 bits per heavy atom. The zero-order valence-corrected chi connectivity index (χ0v) is 18.6. The van der Waals surface area contributed by atoms with Gasteiger partial charge in [0.05, 0.1) is 6.61 Å². The van der Waals surface area contributed by atoms with Gasteiger partial charge in [0.25, 0.3) is 0 Å². The molecule has 3 rings (SSSR count). The van der Waals surface area contributed by atoms with E-state index in [4.69, 9.17) is 14.2 Å². The topological polar surface area (TPSA) is 77.0 Å². The molecule has 6 nitrogen and oxygen atoms in total. The fourth-order valence-corrected chi connectivity index (χ4v) is 3.81. The molecule has 1 heterocycles. The van der Waals surface area contributed by atoms with Gasteiger partial charge in [0.15, 0.2) is 6.29 Å². The van der Waals surface area contributed by atoms with Crippen molar-refractivity contribution in [3.05, 3.63) is 46.5 Å². The lowest BCUT2D eigenvalue weighted by Gasteiger charge is -2.25. The van der Waals surface area contributed by atoms with E-state index >= 15 is 0 Å². The van der Waals surface area contributed by atoms with Crippen molar-refractivity contribution in [2.24, 2.45) is 0 Å². The van der Waals surface area contributed by atoms with Crippen molar-refractivity contribution in [1.29, 1.82) is 0 Å². The first-order valence-corrected chi connectivity index (χ1v) is 10.2. The molecule has 0 fully saturated rings. The van der Waals surface area contributed by atoms with Gasteiger partial charge in [0.1, 0.15) is 11.4 Å². The molecule has 0 aromatic heterocycles. The van der Waals surface area contributed by atoms with Crippen LogP contribution in [-0.4, -0.2) is 30.5 Å². The summed E-state index contributed by atoms with van der Waals surface area (Å²) in [7, 11) is 1.46. The van der Waals surface area contributed by atoms with Crippen LogP contribution in [0.15, 0.2) is 24.3 Å². The fraction of sp³-hybridized carbons (Fsp3) is 0.458. The van der Waals surface area contributed by atoms with Crippen LogP contribution in [0.3, 0.4) is 0 Å². The number of aliphatic hydroxyl groups is 1. The van der Waals surface area contributed by atoms with Crippen LogP contribution in [0.1, 0.15) is 55.7 Å². The summed E-state index contributed by atoms with van der Waals surface area (Å²) in [6.45, 7) is 9.99. The monoisotopic (exact) mass is 413 g/mol. The number of nitrogens with one attached hydrogen (secondary N) is 1. The van der Waals surface area contributed by atoms with Crippen LogP contribution in [-0.2, 0) is 15.9 Å². The number of aryl methyl sites for hydroxylation is 2. The molecule has 1 atom stereocenters. The number of aliphatic hydroxyl groups excluding tert-OH is 1. The van der Waals surface area contributed by atoms with Gasteiger partial charge in [-0.15, -0.1) is 0 Å². The summed E-state index contributed by atoms with van der Waals surface area (Å²) in [4.78, 5) is 12.3. The molecule has 162 valence electrons. The van der Waals surface area contributed by atoms with Crippen molar-refractivity contribution in [2.75, 3.05) is 19.0 Å². The average Bonchev–Trinajstić information content (AvgIpc) is 2.67. The molecule has 1 amide bonds. The van der Waals surface area contributed by atoms with Crippen LogP contribution in [0.4, 0.5) is 10.5 Å². The molecule has 1 aliphatic rings. The molecule has 0 bridgehead atoms. The highest BCUT2D eigenvalue weighted by atomic mass is 16.6. The van der Waals surface area contributed by atoms with E-state index in [1.807, 2.05) is 52.8 Å². The number of hydrogen-bond acceptors (Lipinski definition) is 5. The summed E-state index contributed by atoms with van der Waals surface area (Å²) in [5, 5.41) is 13.5. The van der Waals surface area contributed by atoms with Gasteiger partial charge < -0.3 is 19.3 Å². The van der Waals surface area contributed by atoms with E-state index in [0.29, 0.717) is 11.3 Å². The lowest BCUT2D eigenvalue weighted by atomic mass is 9.88. The smallest absolute Gasteiger partial charge is 0.412 e. The second-order valence-electron chi connectivity index (χ2n) is 8.64. The number of hydrogen-bond donors (Lipinski definition) is 2. The highest BCUT2D eigenvalue weighted by Gasteiger charge is 2.24. The first-order chi connectivity index (χ1) is 14.1. The fourth-order valence-electron chi connectivity index (χ4n) is 3.81. The highest BCUT2D eigenvalue weighted by molar-refractivity contribution is 5.88.